The van der Waals surface area contributed by atoms with E-state index in [1.54, 1.807) is 0 Å². The second-order valence-electron chi connectivity index (χ2n) is 5.47. The minimum atomic E-state index is 0. The summed E-state index contributed by atoms with van der Waals surface area (Å²) in [6, 6.07) is 7.68. The molecule has 0 aliphatic carbocycles. The molecule has 0 aliphatic rings. The van der Waals surface area contributed by atoms with Gasteiger partial charge < -0.3 is 16.4 Å². The third kappa shape index (κ3) is 8.86. The van der Waals surface area contributed by atoms with Crippen molar-refractivity contribution in [3.63, 3.8) is 0 Å². The third-order valence-corrected chi connectivity index (χ3v) is 2.79. The van der Waals surface area contributed by atoms with Gasteiger partial charge in [-0.3, -0.25) is 4.79 Å². The number of hydrogen-bond donors (Lipinski definition) is 3. The maximum atomic E-state index is 11.7. The van der Waals surface area contributed by atoms with Crippen molar-refractivity contribution in [2.45, 2.75) is 40.2 Å². The molecule has 0 radical (unpaired) electrons. The van der Waals surface area contributed by atoms with Crippen molar-refractivity contribution in [2.75, 3.05) is 11.9 Å². The number of guanidine groups is 1. The number of carbonyl (C=O) groups excluding carboxylic acids is 1. The van der Waals surface area contributed by atoms with Gasteiger partial charge in [0.2, 0.25) is 5.91 Å². The van der Waals surface area contributed by atoms with Gasteiger partial charge in [0.05, 0.1) is 6.54 Å². The van der Waals surface area contributed by atoms with Crippen LogP contribution < -0.4 is 16.4 Å². The summed E-state index contributed by atoms with van der Waals surface area (Å²) in [5.74, 6) is 0.836. The number of benzene rings is 1. The monoisotopic (exact) mass is 418 g/mol. The fraction of sp³-hybridized carbons (Fsp3) is 0.500. The van der Waals surface area contributed by atoms with Gasteiger partial charge >= 0.3 is 0 Å². The highest BCUT2D eigenvalue weighted by molar-refractivity contribution is 14.0. The zero-order valence-corrected chi connectivity index (χ0v) is 15.9. The van der Waals surface area contributed by atoms with Crippen molar-refractivity contribution < 1.29 is 4.79 Å². The summed E-state index contributed by atoms with van der Waals surface area (Å²) in [5.41, 5.74) is 7.56. The Labute approximate surface area is 150 Å². The highest BCUT2D eigenvalue weighted by Crippen LogP contribution is 2.13. The molecule has 0 bridgehead atoms. The average Bonchev–Trinajstić information content (AvgIpc) is 2.42. The van der Waals surface area contributed by atoms with E-state index in [0.29, 0.717) is 24.8 Å². The van der Waals surface area contributed by atoms with E-state index in [0.717, 1.165) is 24.2 Å². The smallest absolute Gasteiger partial charge is 0.224 e. The van der Waals surface area contributed by atoms with Crippen LogP contribution in [0.1, 0.15) is 39.2 Å². The van der Waals surface area contributed by atoms with Gasteiger partial charge in [-0.25, -0.2) is 4.99 Å². The lowest BCUT2D eigenvalue weighted by Gasteiger charge is -2.08. The van der Waals surface area contributed by atoms with Crippen molar-refractivity contribution >= 4 is 41.5 Å². The molecule has 0 saturated heterocycles. The van der Waals surface area contributed by atoms with Crippen LogP contribution in [0.15, 0.2) is 29.3 Å². The van der Waals surface area contributed by atoms with Gasteiger partial charge in [0.1, 0.15) is 0 Å². The Kier molecular flexibility index (Phi) is 10.6. The minimum absolute atomic E-state index is 0. The topological polar surface area (TPSA) is 79.5 Å². The molecule has 0 aromatic heterocycles. The number of nitrogens with zero attached hydrogens (tertiary/aromatic N) is 1. The number of halogens is 1. The molecule has 0 atom stereocenters. The van der Waals surface area contributed by atoms with E-state index in [4.69, 9.17) is 5.73 Å². The van der Waals surface area contributed by atoms with Gasteiger partial charge in [-0.15, -0.1) is 24.0 Å². The first-order chi connectivity index (χ1) is 10.0. The zero-order chi connectivity index (χ0) is 15.7. The molecule has 22 heavy (non-hydrogen) atoms. The van der Waals surface area contributed by atoms with Crippen molar-refractivity contribution in [1.29, 1.82) is 0 Å². The molecule has 6 heteroatoms. The number of aliphatic imine (C=N–C) groups is 1. The summed E-state index contributed by atoms with van der Waals surface area (Å²) in [5, 5.41) is 5.93. The van der Waals surface area contributed by atoms with Gasteiger partial charge in [0.25, 0.3) is 0 Å². The van der Waals surface area contributed by atoms with Crippen LogP contribution in [0.4, 0.5) is 5.69 Å². The highest BCUT2D eigenvalue weighted by Gasteiger charge is 2.05. The summed E-state index contributed by atoms with van der Waals surface area (Å²) in [4.78, 5) is 16.0. The molecule has 0 saturated carbocycles. The van der Waals surface area contributed by atoms with Gasteiger partial charge in [-0.2, -0.15) is 0 Å². The molecule has 0 spiro atoms. The first-order valence-corrected chi connectivity index (χ1v) is 7.43. The Balaban J connectivity index is 0.00000441. The second-order valence-corrected chi connectivity index (χ2v) is 5.47. The summed E-state index contributed by atoms with van der Waals surface area (Å²) < 4.78 is 0. The van der Waals surface area contributed by atoms with E-state index >= 15 is 0 Å². The molecule has 4 N–H and O–H groups in total. The summed E-state index contributed by atoms with van der Waals surface area (Å²) in [6.07, 6.45) is 1.53. The van der Waals surface area contributed by atoms with Crippen molar-refractivity contribution in [1.82, 2.24) is 5.32 Å². The van der Waals surface area contributed by atoms with Crippen molar-refractivity contribution in [3.8, 4) is 0 Å². The van der Waals surface area contributed by atoms with Crippen LogP contribution in [0.2, 0.25) is 0 Å². The number of nitrogens with two attached hydrogens (primary N) is 1. The number of hydrogen-bond acceptors (Lipinski definition) is 2. The summed E-state index contributed by atoms with van der Waals surface area (Å²) in [6.45, 7) is 7.44. The maximum Gasteiger partial charge on any atom is 0.224 e. The quantitative estimate of drug-likeness (QED) is 0.362. The predicted octanol–water partition coefficient (Wildman–Crippen LogP) is 3.10. The molecule has 0 heterocycles. The number of nitrogens with one attached hydrogen (secondary N) is 2. The van der Waals surface area contributed by atoms with E-state index in [-0.39, 0.29) is 29.9 Å². The fourth-order valence-electron chi connectivity index (χ4n) is 1.82. The van der Waals surface area contributed by atoms with Crippen molar-refractivity contribution in [3.05, 3.63) is 29.8 Å². The van der Waals surface area contributed by atoms with Gasteiger partial charge in [0, 0.05) is 18.7 Å². The van der Waals surface area contributed by atoms with E-state index in [2.05, 4.69) is 22.5 Å². The average molecular weight is 418 g/mol. The lowest BCUT2D eigenvalue weighted by atomic mass is 10.1. The van der Waals surface area contributed by atoms with E-state index < -0.39 is 0 Å². The summed E-state index contributed by atoms with van der Waals surface area (Å²) >= 11 is 0. The van der Waals surface area contributed by atoms with Gasteiger partial charge in [-0.05, 0) is 30.0 Å². The molecule has 5 nitrogen and oxygen atoms in total. The molecule has 0 fully saturated rings. The molecular formula is C16H27IN4O. The first kappa shape index (κ1) is 20.7. The molecule has 0 aliphatic heterocycles. The van der Waals surface area contributed by atoms with Crippen LogP contribution in [0.5, 0.6) is 0 Å². The van der Waals surface area contributed by atoms with Crippen LogP contribution in [0, 0.1) is 5.92 Å². The Bertz CT molecular complexity index is 489. The Hall–Kier alpha value is -1.31. The Morgan fingerprint density at radius 1 is 1.36 bits per heavy atom. The largest absolute Gasteiger partial charge is 0.370 e. The number of anilines is 1. The molecule has 1 amide bonds. The normalized spacial score (nSPS) is 11.0. The van der Waals surface area contributed by atoms with Crippen LogP contribution in [0.25, 0.3) is 0 Å². The maximum absolute atomic E-state index is 11.7. The van der Waals surface area contributed by atoms with E-state index in [1.807, 2.05) is 38.1 Å². The molecule has 1 rings (SSSR count). The number of carbonyl (C=O) groups is 1. The molecule has 1 aromatic rings. The van der Waals surface area contributed by atoms with Gasteiger partial charge in [-0.1, -0.05) is 32.9 Å². The zero-order valence-electron chi connectivity index (χ0n) is 13.6. The standard InChI is InChI=1S/C16H26N4O.HI/c1-4-8-18-16(17)19-11-13-6-5-7-14(10-13)20-15(21)9-12(2)3;/h5-7,10,12H,4,8-9,11H2,1-3H3,(H,20,21)(H3,17,18,19);1H. The number of amides is 1. The van der Waals surface area contributed by atoms with E-state index in [9.17, 15) is 4.79 Å². The predicted molar refractivity (Wildman–Crippen MR) is 104 cm³/mol. The molecule has 1 aromatic carbocycles. The highest BCUT2D eigenvalue weighted by atomic mass is 127. The lowest BCUT2D eigenvalue weighted by molar-refractivity contribution is -0.116. The second kappa shape index (κ2) is 11.3. The molecular weight excluding hydrogens is 391 g/mol. The van der Waals surface area contributed by atoms with Crippen molar-refractivity contribution in [2.24, 2.45) is 16.6 Å². The minimum Gasteiger partial charge on any atom is -0.370 e. The van der Waals surface area contributed by atoms with E-state index in [1.165, 1.54) is 0 Å². The van der Waals surface area contributed by atoms with Crippen LogP contribution >= 0.6 is 24.0 Å². The third-order valence-electron chi connectivity index (χ3n) is 2.79. The number of rotatable bonds is 7. The van der Waals surface area contributed by atoms with Crippen LogP contribution in [-0.4, -0.2) is 18.4 Å². The Morgan fingerprint density at radius 2 is 2.09 bits per heavy atom. The van der Waals surface area contributed by atoms with Gasteiger partial charge in [0.15, 0.2) is 5.96 Å². The van der Waals surface area contributed by atoms with Crippen LogP contribution in [0.3, 0.4) is 0 Å². The van der Waals surface area contributed by atoms with Crippen LogP contribution in [-0.2, 0) is 11.3 Å². The first-order valence-electron chi connectivity index (χ1n) is 7.43. The molecule has 124 valence electrons. The molecule has 0 unspecified atom stereocenters. The lowest BCUT2D eigenvalue weighted by Crippen LogP contribution is -2.32. The summed E-state index contributed by atoms with van der Waals surface area (Å²) in [7, 11) is 0. The Morgan fingerprint density at radius 3 is 2.73 bits per heavy atom. The fourth-order valence-corrected chi connectivity index (χ4v) is 1.82. The SMILES string of the molecule is CCCNC(N)=NCc1cccc(NC(=O)CC(C)C)c1.I.